The molecule has 1 fully saturated rings. The molecule has 0 heterocycles. The second-order valence-electron chi connectivity index (χ2n) is 4.97. The van der Waals surface area contributed by atoms with E-state index in [4.69, 9.17) is 0 Å². The number of nitrogens with one attached hydrogen (secondary N) is 1. The van der Waals surface area contributed by atoms with Crippen LogP contribution in [0.2, 0.25) is 0 Å². The lowest BCUT2D eigenvalue weighted by atomic mass is 9.97. The average Bonchev–Trinajstić information content (AvgIpc) is 2.59. The van der Waals surface area contributed by atoms with Crippen LogP contribution in [0.5, 0.6) is 0 Å². The molecule has 1 rings (SSSR count). The molecule has 0 amide bonds. The molecule has 3 unspecified atom stereocenters. The quantitative estimate of drug-likeness (QED) is 0.686. The predicted octanol–water partition coefficient (Wildman–Crippen LogP) is 3.59. The van der Waals surface area contributed by atoms with Crippen LogP contribution in [0.3, 0.4) is 0 Å². The van der Waals surface area contributed by atoms with Crippen LogP contribution in [0.4, 0.5) is 0 Å². The van der Waals surface area contributed by atoms with Gasteiger partial charge in [-0.25, -0.2) is 0 Å². The predicted molar refractivity (Wildman–Crippen MR) is 63.5 cm³/mol. The van der Waals surface area contributed by atoms with E-state index in [0.29, 0.717) is 0 Å². The third kappa shape index (κ3) is 3.61. The molecule has 14 heavy (non-hydrogen) atoms. The number of rotatable bonds is 6. The van der Waals surface area contributed by atoms with Crippen LogP contribution >= 0.6 is 0 Å². The van der Waals surface area contributed by atoms with Crippen molar-refractivity contribution in [2.24, 2.45) is 11.8 Å². The van der Waals surface area contributed by atoms with E-state index in [0.717, 1.165) is 17.9 Å². The first-order chi connectivity index (χ1) is 6.77. The summed E-state index contributed by atoms with van der Waals surface area (Å²) < 4.78 is 0. The van der Waals surface area contributed by atoms with Gasteiger partial charge in [-0.3, -0.25) is 0 Å². The van der Waals surface area contributed by atoms with Gasteiger partial charge in [-0.1, -0.05) is 40.0 Å². The van der Waals surface area contributed by atoms with Gasteiger partial charge in [-0.15, -0.1) is 0 Å². The Morgan fingerprint density at radius 3 is 2.57 bits per heavy atom. The van der Waals surface area contributed by atoms with Crippen molar-refractivity contribution in [3.8, 4) is 0 Å². The summed E-state index contributed by atoms with van der Waals surface area (Å²) in [7, 11) is 0. The molecule has 1 aliphatic rings. The van der Waals surface area contributed by atoms with Crippen molar-refractivity contribution in [1.29, 1.82) is 0 Å². The Balaban J connectivity index is 2.17. The summed E-state index contributed by atoms with van der Waals surface area (Å²) in [6.45, 7) is 8.26. The molecule has 1 aliphatic carbocycles. The molecular weight excluding hydrogens is 170 g/mol. The first-order valence-corrected chi connectivity index (χ1v) is 6.51. The molecule has 0 bridgehead atoms. The van der Waals surface area contributed by atoms with Gasteiger partial charge in [0.1, 0.15) is 0 Å². The molecule has 0 aliphatic heterocycles. The highest BCUT2D eigenvalue weighted by Gasteiger charge is 2.23. The summed E-state index contributed by atoms with van der Waals surface area (Å²) in [6, 6.07) is 0.771. The van der Waals surface area contributed by atoms with E-state index in [1.165, 1.54) is 45.1 Å². The molecule has 0 aromatic rings. The largest absolute Gasteiger partial charge is 0.314 e. The molecule has 0 saturated heterocycles. The van der Waals surface area contributed by atoms with Crippen LogP contribution in [-0.2, 0) is 0 Å². The topological polar surface area (TPSA) is 12.0 Å². The Labute approximate surface area is 89.7 Å². The van der Waals surface area contributed by atoms with Crippen molar-refractivity contribution < 1.29 is 0 Å². The molecule has 1 heteroatoms. The van der Waals surface area contributed by atoms with E-state index in [9.17, 15) is 0 Å². The maximum Gasteiger partial charge on any atom is 0.00644 e. The minimum atomic E-state index is 0.771. The first-order valence-electron chi connectivity index (χ1n) is 6.51. The third-order valence-electron chi connectivity index (χ3n) is 3.84. The molecule has 0 spiro atoms. The highest BCUT2D eigenvalue weighted by molar-refractivity contribution is 4.77. The van der Waals surface area contributed by atoms with Gasteiger partial charge in [-0.05, 0) is 37.6 Å². The lowest BCUT2D eigenvalue weighted by Crippen LogP contribution is -2.33. The Hall–Kier alpha value is -0.0400. The molecule has 1 saturated carbocycles. The molecular formula is C13H27N. The van der Waals surface area contributed by atoms with Crippen LogP contribution in [0, 0.1) is 11.8 Å². The summed E-state index contributed by atoms with van der Waals surface area (Å²) in [5.74, 6) is 1.92. The Kier molecular flexibility index (Phi) is 5.54. The van der Waals surface area contributed by atoms with Crippen LogP contribution in [0.15, 0.2) is 0 Å². The zero-order valence-corrected chi connectivity index (χ0v) is 10.2. The maximum atomic E-state index is 3.74. The lowest BCUT2D eigenvalue weighted by molar-refractivity contribution is 0.353. The van der Waals surface area contributed by atoms with Crippen molar-refractivity contribution in [2.75, 3.05) is 6.54 Å². The monoisotopic (exact) mass is 197 g/mol. The van der Waals surface area contributed by atoms with E-state index in [1.807, 2.05) is 0 Å². The molecule has 0 radical (unpaired) electrons. The van der Waals surface area contributed by atoms with E-state index < -0.39 is 0 Å². The smallest absolute Gasteiger partial charge is 0.00644 e. The van der Waals surface area contributed by atoms with Crippen LogP contribution < -0.4 is 5.32 Å². The second kappa shape index (κ2) is 6.44. The molecule has 1 N–H and O–H groups in total. The van der Waals surface area contributed by atoms with Crippen LogP contribution in [0.1, 0.15) is 59.3 Å². The van der Waals surface area contributed by atoms with E-state index in [-0.39, 0.29) is 0 Å². The maximum absolute atomic E-state index is 3.74. The standard InChI is InChI=1S/C13H27N/c1-4-7-13(5-2)14-10-12-9-6-8-11(12)3/h11-14H,4-10H2,1-3H3. The van der Waals surface area contributed by atoms with Gasteiger partial charge in [0.2, 0.25) is 0 Å². The highest BCUT2D eigenvalue weighted by Crippen LogP contribution is 2.30. The average molecular weight is 197 g/mol. The molecule has 1 nitrogen and oxygen atoms in total. The minimum Gasteiger partial charge on any atom is -0.314 e. The summed E-state index contributed by atoms with van der Waals surface area (Å²) in [4.78, 5) is 0. The zero-order chi connectivity index (χ0) is 10.4. The fourth-order valence-electron chi connectivity index (χ4n) is 2.64. The third-order valence-corrected chi connectivity index (χ3v) is 3.84. The fraction of sp³-hybridized carbons (Fsp3) is 1.00. The SMILES string of the molecule is CCCC(CC)NCC1CCCC1C. The number of hydrogen-bond donors (Lipinski definition) is 1. The van der Waals surface area contributed by atoms with Gasteiger partial charge in [0.05, 0.1) is 0 Å². The van der Waals surface area contributed by atoms with Crippen molar-refractivity contribution in [3.05, 3.63) is 0 Å². The Morgan fingerprint density at radius 2 is 2.07 bits per heavy atom. The summed E-state index contributed by atoms with van der Waals surface area (Å²) in [6.07, 6.45) is 8.31. The van der Waals surface area contributed by atoms with Gasteiger partial charge in [-0.2, -0.15) is 0 Å². The van der Waals surface area contributed by atoms with Crippen molar-refractivity contribution in [3.63, 3.8) is 0 Å². The van der Waals surface area contributed by atoms with E-state index in [2.05, 4.69) is 26.1 Å². The normalized spacial score (nSPS) is 29.4. The van der Waals surface area contributed by atoms with Gasteiger partial charge in [0.15, 0.2) is 0 Å². The Morgan fingerprint density at radius 1 is 1.29 bits per heavy atom. The van der Waals surface area contributed by atoms with Gasteiger partial charge in [0, 0.05) is 6.04 Å². The molecule has 0 aromatic carbocycles. The fourth-order valence-corrected chi connectivity index (χ4v) is 2.64. The van der Waals surface area contributed by atoms with Crippen LogP contribution in [-0.4, -0.2) is 12.6 Å². The highest BCUT2D eigenvalue weighted by atomic mass is 14.9. The zero-order valence-electron chi connectivity index (χ0n) is 10.2. The number of hydrogen-bond acceptors (Lipinski definition) is 1. The van der Waals surface area contributed by atoms with E-state index >= 15 is 0 Å². The Bertz CT molecular complexity index is 144. The summed E-state index contributed by atoms with van der Waals surface area (Å²) in [5.41, 5.74) is 0. The van der Waals surface area contributed by atoms with Gasteiger partial charge < -0.3 is 5.32 Å². The van der Waals surface area contributed by atoms with Crippen LogP contribution in [0.25, 0.3) is 0 Å². The first kappa shape index (κ1) is 12.0. The van der Waals surface area contributed by atoms with Crippen molar-refractivity contribution >= 4 is 0 Å². The molecule has 84 valence electrons. The second-order valence-corrected chi connectivity index (χ2v) is 4.97. The van der Waals surface area contributed by atoms with Gasteiger partial charge in [0.25, 0.3) is 0 Å². The van der Waals surface area contributed by atoms with E-state index in [1.54, 1.807) is 0 Å². The molecule has 3 atom stereocenters. The van der Waals surface area contributed by atoms with Crippen molar-refractivity contribution in [1.82, 2.24) is 5.32 Å². The minimum absolute atomic E-state index is 0.771. The van der Waals surface area contributed by atoms with Gasteiger partial charge >= 0.3 is 0 Å². The summed E-state index contributed by atoms with van der Waals surface area (Å²) >= 11 is 0. The van der Waals surface area contributed by atoms with Crippen molar-refractivity contribution in [2.45, 2.75) is 65.3 Å². The lowest BCUT2D eigenvalue weighted by Gasteiger charge is -2.21. The molecule has 0 aromatic heterocycles. The summed E-state index contributed by atoms with van der Waals surface area (Å²) in [5, 5.41) is 3.74.